The zero-order valence-corrected chi connectivity index (χ0v) is 8.99. The Bertz CT molecular complexity index is 589. The van der Waals surface area contributed by atoms with Crippen molar-refractivity contribution < 1.29 is 19.8 Å². The zero-order valence-electron chi connectivity index (χ0n) is 8.99. The highest BCUT2D eigenvalue weighted by Gasteiger charge is 2.27. The SMILES string of the molecule is Cn1cc2cc(C(C(=O)O)C(=O)O)ccc2n1. The molecular formula is C11H10N2O4. The maximum Gasteiger partial charge on any atom is 0.322 e. The predicted octanol–water partition coefficient (Wildman–Crippen LogP) is 0.826. The normalized spacial score (nSPS) is 10.9. The van der Waals surface area contributed by atoms with Gasteiger partial charge in [-0.2, -0.15) is 5.10 Å². The lowest BCUT2D eigenvalue weighted by Crippen LogP contribution is -2.20. The van der Waals surface area contributed by atoms with Crippen molar-refractivity contribution >= 4 is 22.8 Å². The molecule has 1 aromatic carbocycles. The molecule has 0 saturated heterocycles. The molecule has 0 spiro atoms. The van der Waals surface area contributed by atoms with E-state index in [0.29, 0.717) is 5.52 Å². The third-order valence-corrected chi connectivity index (χ3v) is 2.47. The van der Waals surface area contributed by atoms with Crippen LogP contribution in [0, 0.1) is 0 Å². The molecule has 2 N–H and O–H groups in total. The van der Waals surface area contributed by atoms with Gasteiger partial charge in [0.1, 0.15) is 0 Å². The fraction of sp³-hybridized carbons (Fsp3) is 0.182. The Morgan fingerprint density at radius 3 is 2.53 bits per heavy atom. The summed E-state index contributed by atoms with van der Waals surface area (Å²) in [5.41, 5.74) is 0.941. The van der Waals surface area contributed by atoms with Crippen molar-refractivity contribution in [2.45, 2.75) is 5.92 Å². The van der Waals surface area contributed by atoms with Crippen molar-refractivity contribution in [2.24, 2.45) is 7.05 Å². The number of hydrogen-bond acceptors (Lipinski definition) is 3. The van der Waals surface area contributed by atoms with Crippen LogP contribution in [0.3, 0.4) is 0 Å². The Morgan fingerprint density at radius 1 is 1.29 bits per heavy atom. The molecule has 0 amide bonds. The van der Waals surface area contributed by atoms with E-state index in [1.807, 2.05) is 0 Å². The number of hydrogen-bond donors (Lipinski definition) is 2. The van der Waals surface area contributed by atoms with Crippen LogP contribution in [0.15, 0.2) is 24.4 Å². The summed E-state index contributed by atoms with van der Waals surface area (Å²) in [5.74, 6) is -4.29. The first-order chi connectivity index (χ1) is 7.99. The highest BCUT2D eigenvalue weighted by Crippen LogP contribution is 2.21. The lowest BCUT2D eigenvalue weighted by atomic mass is 9.98. The summed E-state index contributed by atoms with van der Waals surface area (Å²) < 4.78 is 1.59. The van der Waals surface area contributed by atoms with Crippen LogP contribution in [0.25, 0.3) is 10.9 Å². The number of benzene rings is 1. The Hall–Kier alpha value is -2.37. The number of aromatic nitrogens is 2. The molecule has 1 aromatic heterocycles. The molecule has 0 aliphatic heterocycles. The van der Waals surface area contributed by atoms with Gasteiger partial charge in [-0.05, 0) is 17.7 Å². The molecule has 17 heavy (non-hydrogen) atoms. The van der Waals surface area contributed by atoms with Crippen molar-refractivity contribution in [2.75, 3.05) is 0 Å². The molecular weight excluding hydrogens is 224 g/mol. The van der Waals surface area contributed by atoms with Crippen molar-refractivity contribution in [3.05, 3.63) is 30.0 Å². The summed E-state index contributed by atoms with van der Waals surface area (Å²) in [4.78, 5) is 21.8. The quantitative estimate of drug-likeness (QED) is 0.767. The van der Waals surface area contributed by atoms with Crippen LogP contribution in [0.5, 0.6) is 0 Å². The van der Waals surface area contributed by atoms with Crippen LogP contribution in [-0.4, -0.2) is 31.9 Å². The number of carbonyl (C=O) groups is 2. The van der Waals surface area contributed by atoms with Crippen molar-refractivity contribution in [3.8, 4) is 0 Å². The summed E-state index contributed by atoms with van der Waals surface area (Å²) in [6.07, 6.45) is 1.71. The topological polar surface area (TPSA) is 92.4 Å². The van der Waals surface area contributed by atoms with Crippen LogP contribution in [0.1, 0.15) is 11.5 Å². The van der Waals surface area contributed by atoms with Crippen LogP contribution >= 0.6 is 0 Å². The van der Waals surface area contributed by atoms with E-state index in [-0.39, 0.29) is 5.56 Å². The standard InChI is InChI=1S/C11H10N2O4/c1-13-5-7-4-6(2-3-8(7)12-13)9(10(14)15)11(16)17/h2-5,9H,1H3,(H,14,15)(H,16,17). The molecule has 0 fully saturated rings. The van der Waals surface area contributed by atoms with Gasteiger partial charge in [0.2, 0.25) is 0 Å². The zero-order chi connectivity index (χ0) is 12.6. The van der Waals surface area contributed by atoms with E-state index < -0.39 is 17.9 Å². The van der Waals surface area contributed by atoms with E-state index in [1.54, 1.807) is 24.0 Å². The Labute approximate surface area is 96.1 Å². The molecule has 1 heterocycles. The number of carboxylic acid groups (broad SMARTS) is 2. The number of carboxylic acids is 2. The van der Waals surface area contributed by atoms with Crippen LogP contribution in [-0.2, 0) is 16.6 Å². The maximum absolute atomic E-state index is 10.9. The van der Waals surface area contributed by atoms with Crippen molar-refractivity contribution in [3.63, 3.8) is 0 Å². The first-order valence-electron chi connectivity index (χ1n) is 4.88. The molecule has 2 aromatic rings. The number of rotatable bonds is 3. The van der Waals surface area contributed by atoms with Gasteiger partial charge in [-0.1, -0.05) is 6.07 Å². The van der Waals surface area contributed by atoms with Gasteiger partial charge in [-0.3, -0.25) is 14.3 Å². The molecule has 2 rings (SSSR count). The molecule has 0 unspecified atom stereocenters. The summed E-state index contributed by atoms with van der Waals surface area (Å²) in [6.45, 7) is 0. The highest BCUT2D eigenvalue weighted by molar-refractivity contribution is 5.99. The monoisotopic (exact) mass is 234 g/mol. The fourth-order valence-electron chi connectivity index (χ4n) is 1.74. The minimum Gasteiger partial charge on any atom is -0.480 e. The van der Waals surface area contributed by atoms with E-state index in [4.69, 9.17) is 10.2 Å². The van der Waals surface area contributed by atoms with Gasteiger partial charge in [0.25, 0.3) is 0 Å². The van der Waals surface area contributed by atoms with E-state index in [2.05, 4.69) is 5.10 Å². The molecule has 88 valence electrons. The number of nitrogens with zero attached hydrogens (tertiary/aromatic N) is 2. The van der Waals surface area contributed by atoms with Crippen molar-refractivity contribution in [1.29, 1.82) is 0 Å². The van der Waals surface area contributed by atoms with Gasteiger partial charge in [-0.25, -0.2) is 0 Å². The summed E-state index contributed by atoms with van der Waals surface area (Å²) >= 11 is 0. The lowest BCUT2D eigenvalue weighted by molar-refractivity contribution is -0.150. The van der Waals surface area contributed by atoms with Gasteiger partial charge < -0.3 is 10.2 Å². The second-order valence-electron chi connectivity index (χ2n) is 3.73. The van der Waals surface area contributed by atoms with Gasteiger partial charge in [0.15, 0.2) is 5.92 Å². The summed E-state index contributed by atoms with van der Waals surface area (Å²) in [5, 5.41) is 22.6. The first-order valence-corrected chi connectivity index (χ1v) is 4.88. The second kappa shape index (κ2) is 3.89. The molecule has 0 bridgehead atoms. The lowest BCUT2D eigenvalue weighted by Gasteiger charge is -2.06. The summed E-state index contributed by atoms with van der Waals surface area (Å²) in [6, 6.07) is 4.63. The fourth-order valence-corrected chi connectivity index (χ4v) is 1.74. The number of aryl methyl sites for hydroxylation is 1. The molecule has 6 nitrogen and oxygen atoms in total. The van der Waals surface area contributed by atoms with Gasteiger partial charge in [0.05, 0.1) is 5.52 Å². The molecule has 6 heteroatoms. The summed E-state index contributed by atoms with van der Waals surface area (Å²) in [7, 11) is 1.74. The minimum atomic E-state index is -1.54. The van der Waals surface area contributed by atoms with E-state index >= 15 is 0 Å². The molecule has 0 radical (unpaired) electrons. The average molecular weight is 234 g/mol. The van der Waals surface area contributed by atoms with Crippen LogP contribution in [0.2, 0.25) is 0 Å². The third kappa shape index (κ3) is 1.96. The van der Waals surface area contributed by atoms with E-state index in [1.165, 1.54) is 12.1 Å². The molecule has 0 aliphatic rings. The predicted molar refractivity (Wildman–Crippen MR) is 58.7 cm³/mol. The minimum absolute atomic E-state index is 0.241. The van der Waals surface area contributed by atoms with E-state index in [0.717, 1.165) is 5.39 Å². The maximum atomic E-state index is 10.9. The van der Waals surface area contributed by atoms with Crippen LogP contribution < -0.4 is 0 Å². The highest BCUT2D eigenvalue weighted by atomic mass is 16.4. The van der Waals surface area contributed by atoms with Gasteiger partial charge >= 0.3 is 11.9 Å². The number of aliphatic carboxylic acids is 2. The smallest absolute Gasteiger partial charge is 0.322 e. The average Bonchev–Trinajstić information content (AvgIpc) is 2.56. The van der Waals surface area contributed by atoms with Crippen molar-refractivity contribution in [1.82, 2.24) is 9.78 Å². The van der Waals surface area contributed by atoms with Gasteiger partial charge in [-0.15, -0.1) is 0 Å². The van der Waals surface area contributed by atoms with E-state index in [9.17, 15) is 9.59 Å². The largest absolute Gasteiger partial charge is 0.480 e. The first kappa shape index (κ1) is 11.1. The Balaban J connectivity index is 2.54. The Kier molecular flexibility index (Phi) is 2.55. The molecule has 0 saturated carbocycles. The Morgan fingerprint density at radius 2 is 1.94 bits per heavy atom. The number of fused-ring (bicyclic) bond motifs is 1. The molecule has 0 atom stereocenters. The van der Waals surface area contributed by atoms with Crippen LogP contribution in [0.4, 0.5) is 0 Å². The molecule has 0 aliphatic carbocycles. The third-order valence-electron chi connectivity index (χ3n) is 2.47. The van der Waals surface area contributed by atoms with Gasteiger partial charge in [0, 0.05) is 18.6 Å². The second-order valence-corrected chi connectivity index (χ2v) is 3.73.